The van der Waals surface area contributed by atoms with Crippen LogP contribution in [-0.2, 0) is 0 Å². The number of hydrogen-bond donors (Lipinski definition) is 1. The van der Waals surface area contributed by atoms with E-state index >= 15 is 0 Å². The first kappa shape index (κ1) is 8.49. The van der Waals surface area contributed by atoms with Gasteiger partial charge in [0.05, 0.1) is 5.69 Å². The maximum Gasteiger partial charge on any atom is 0.440 e. The van der Waals surface area contributed by atoms with E-state index in [9.17, 15) is 14.0 Å². The summed E-state index contributed by atoms with van der Waals surface area (Å²) < 4.78 is 17.8. The first-order valence-corrected chi connectivity index (χ1v) is 3.75. The molecule has 2 aromatic rings. The van der Waals surface area contributed by atoms with E-state index in [4.69, 9.17) is 0 Å². The van der Waals surface area contributed by atoms with Gasteiger partial charge in [-0.05, 0) is 24.3 Å². The maximum atomic E-state index is 12.5. The molecule has 0 unspecified atom stereocenters. The van der Waals surface area contributed by atoms with Gasteiger partial charge in [0.25, 0.3) is 0 Å². The average molecular weight is 196 g/mol. The number of rotatable bonds is 1. The van der Waals surface area contributed by atoms with Gasteiger partial charge >= 0.3 is 11.4 Å². The maximum absolute atomic E-state index is 12.5. The monoisotopic (exact) mass is 196 g/mol. The van der Waals surface area contributed by atoms with Crippen molar-refractivity contribution in [3.63, 3.8) is 0 Å². The highest BCUT2D eigenvalue weighted by Gasteiger charge is 2.04. The molecule has 0 radical (unpaired) electrons. The molecule has 0 saturated carbocycles. The Labute approximate surface area is 76.4 Å². The Balaban J connectivity index is 2.60. The van der Waals surface area contributed by atoms with Crippen LogP contribution in [-0.4, -0.2) is 9.72 Å². The Bertz CT molecular complexity index is 549. The molecule has 2 rings (SSSR count). The molecule has 0 amide bonds. The van der Waals surface area contributed by atoms with Crippen molar-refractivity contribution in [2.75, 3.05) is 0 Å². The molecule has 1 N–H and O–H groups in total. The van der Waals surface area contributed by atoms with Gasteiger partial charge < -0.3 is 4.52 Å². The number of hydrogen-bond acceptors (Lipinski definition) is 3. The number of H-pyrrole nitrogens is 1. The summed E-state index contributed by atoms with van der Waals surface area (Å²) in [5.41, 5.74) is -0.406. The second kappa shape index (κ2) is 2.99. The number of benzene rings is 1. The van der Waals surface area contributed by atoms with Crippen molar-refractivity contribution in [1.82, 2.24) is 9.72 Å². The van der Waals surface area contributed by atoms with Crippen LogP contribution in [0.1, 0.15) is 0 Å². The van der Waals surface area contributed by atoms with Crippen molar-refractivity contribution >= 4 is 0 Å². The minimum absolute atomic E-state index is 0.287. The van der Waals surface area contributed by atoms with Crippen LogP contribution < -0.4 is 11.4 Å². The molecule has 1 heterocycles. The van der Waals surface area contributed by atoms with E-state index in [0.29, 0.717) is 0 Å². The number of halogens is 1. The van der Waals surface area contributed by atoms with Gasteiger partial charge in [0.1, 0.15) is 5.82 Å². The van der Waals surface area contributed by atoms with Crippen LogP contribution in [0.5, 0.6) is 0 Å². The van der Waals surface area contributed by atoms with Crippen molar-refractivity contribution in [3.8, 4) is 5.69 Å². The Morgan fingerprint density at radius 2 is 1.86 bits per heavy atom. The third-order valence-corrected chi connectivity index (χ3v) is 1.63. The largest absolute Gasteiger partial charge is 0.440 e. The molecule has 5 nitrogen and oxygen atoms in total. The van der Waals surface area contributed by atoms with Crippen molar-refractivity contribution in [3.05, 3.63) is 51.1 Å². The average Bonchev–Trinajstić information content (AvgIpc) is 2.47. The number of aromatic nitrogens is 2. The van der Waals surface area contributed by atoms with E-state index in [1.807, 2.05) is 4.98 Å². The first-order valence-electron chi connectivity index (χ1n) is 3.75. The molecule has 0 aliphatic rings. The zero-order valence-electron chi connectivity index (χ0n) is 6.86. The number of aromatic amines is 1. The Hall–Kier alpha value is -2.11. The van der Waals surface area contributed by atoms with Crippen molar-refractivity contribution in [1.29, 1.82) is 0 Å². The van der Waals surface area contributed by atoms with Crippen LogP contribution in [0.2, 0.25) is 0 Å². The van der Waals surface area contributed by atoms with Crippen LogP contribution in [0, 0.1) is 5.82 Å². The SMILES string of the molecule is O=c1[nH]c(=O)n(-c2ccc(F)cc2)o1. The minimum atomic E-state index is -0.848. The lowest BCUT2D eigenvalue weighted by Crippen LogP contribution is -2.14. The topological polar surface area (TPSA) is 68.0 Å². The van der Waals surface area contributed by atoms with Crippen LogP contribution >= 0.6 is 0 Å². The normalized spacial score (nSPS) is 10.4. The summed E-state index contributed by atoms with van der Waals surface area (Å²) in [4.78, 5) is 23.6. The molecule has 72 valence electrons. The van der Waals surface area contributed by atoms with Crippen LogP contribution in [0.25, 0.3) is 5.69 Å². The molecule has 0 spiro atoms. The molecule has 14 heavy (non-hydrogen) atoms. The lowest BCUT2D eigenvalue weighted by Gasteiger charge is -1.96. The molecular formula is C8H5FN2O3. The minimum Gasteiger partial charge on any atom is -0.312 e. The zero-order chi connectivity index (χ0) is 10.1. The van der Waals surface area contributed by atoms with E-state index in [2.05, 4.69) is 4.52 Å². The standard InChI is InChI=1S/C8H5FN2O3/c9-5-1-3-6(4-2-5)11-7(12)10-8(13)14-11/h1-4H,(H,10,12,13). The fourth-order valence-electron chi connectivity index (χ4n) is 1.03. The quantitative estimate of drug-likeness (QED) is 0.711. The molecule has 1 aromatic heterocycles. The molecule has 0 aliphatic heterocycles. The van der Waals surface area contributed by atoms with Crippen LogP contribution in [0.3, 0.4) is 0 Å². The number of nitrogens with zero attached hydrogens (tertiary/aromatic N) is 1. The van der Waals surface area contributed by atoms with Crippen molar-refractivity contribution in [2.45, 2.75) is 0 Å². The van der Waals surface area contributed by atoms with Crippen LogP contribution in [0.15, 0.2) is 38.4 Å². The number of nitrogens with one attached hydrogen (secondary N) is 1. The van der Waals surface area contributed by atoms with Crippen LogP contribution in [0.4, 0.5) is 4.39 Å². The highest BCUT2D eigenvalue weighted by atomic mass is 19.1. The summed E-state index contributed by atoms with van der Waals surface area (Å²) in [5, 5.41) is 0. The predicted molar refractivity (Wildman–Crippen MR) is 44.9 cm³/mol. The first-order chi connectivity index (χ1) is 6.66. The molecule has 0 atom stereocenters. The summed E-state index contributed by atoms with van der Waals surface area (Å²) in [7, 11) is 0. The smallest absolute Gasteiger partial charge is 0.312 e. The molecular weight excluding hydrogens is 191 g/mol. The van der Waals surface area contributed by atoms with E-state index < -0.39 is 17.3 Å². The zero-order valence-corrected chi connectivity index (χ0v) is 6.86. The van der Waals surface area contributed by atoms with E-state index in [1.165, 1.54) is 12.1 Å². The van der Waals surface area contributed by atoms with E-state index in [0.717, 1.165) is 16.9 Å². The fraction of sp³-hybridized carbons (Fsp3) is 0. The molecule has 6 heteroatoms. The van der Waals surface area contributed by atoms with Gasteiger partial charge in [0, 0.05) is 0 Å². The second-order valence-corrected chi connectivity index (χ2v) is 2.58. The Morgan fingerprint density at radius 3 is 2.36 bits per heavy atom. The Kier molecular flexibility index (Phi) is 1.81. The fourth-order valence-corrected chi connectivity index (χ4v) is 1.03. The second-order valence-electron chi connectivity index (χ2n) is 2.58. The summed E-state index contributed by atoms with van der Waals surface area (Å²) in [6.45, 7) is 0. The lowest BCUT2D eigenvalue weighted by molar-refractivity contribution is 0.314. The van der Waals surface area contributed by atoms with Gasteiger partial charge in [-0.3, -0.25) is 0 Å². The molecule has 0 fully saturated rings. The van der Waals surface area contributed by atoms with Crippen molar-refractivity contribution in [2.24, 2.45) is 0 Å². The highest BCUT2D eigenvalue weighted by Crippen LogP contribution is 2.04. The van der Waals surface area contributed by atoms with E-state index in [-0.39, 0.29) is 5.69 Å². The van der Waals surface area contributed by atoms with E-state index in [1.54, 1.807) is 0 Å². The molecule has 0 bridgehead atoms. The molecule has 0 saturated heterocycles. The molecule has 0 aliphatic carbocycles. The van der Waals surface area contributed by atoms with Gasteiger partial charge in [-0.2, -0.15) is 0 Å². The summed E-state index contributed by atoms with van der Waals surface area (Å²) in [6.07, 6.45) is 0. The summed E-state index contributed by atoms with van der Waals surface area (Å²) >= 11 is 0. The van der Waals surface area contributed by atoms with Gasteiger partial charge in [-0.1, -0.05) is 0 Å². The van der Waals surface area contributed by atoms with Crippen molar-refractivity contribution < 1.29 is 8.91 Å². The van der Waals surface area contributed by atoms with Gasteiger partial charge in [0.15, 0.2) is 0 Å². The summed E-state index contributed by atoms with van der Waals surface area (Å²) in [5.74, 6) is -1.28. The predicted octanol–water partition coefficient (Wildman–Crippen LogP) is 0.258. The van der Waals surface area contributed by atoms with Gasteiger partial charge in [-0.15, -0.1) is 4.74 Å². The molecule has 1 aromatic carbocycles. The Morgan fingerprint density at radius 1 is 1.21 bits per heavy atom. The van der Waals surface area contributed by atoms with Gasteiger partial charge in [-0.25, -0.2) is 19.0 Å². The third kappa shape index (κ3) is 1.37. The third-order valence-electron chi connectivity index (χ3n) is 1.63. The summed E-state index contributed by atoms with van der Waals surface area (Å²) in [6, 6.07) is 4.98. The highest BCUT2D eigenvalue weighted by molar-refractivity contribution is 5.29. The lowest BCUT2D eigenvalue weighted by atomic mass is 10.3. The van der Waals surface area contributed by atoms with Gasteiger partial charge in [0.2, 0.25) is 0 Å².